The maximum absolute atomic E-state index is 12.4. The van der Waals surface area contributed by atoms with Gasteiger partial charge < -0.3 is 24.3 Å². The first-order chi connectivity index (χ1) is 12.9. The highest BCUT2D eigenvalue weighted by Gasteiger charge is 2.32. The number of hydrogen-bond donors (Lipinski definition) is 2. The number of hydrogen-bond acceptors (Lipinski definition) is 5. The van der Waals surface area contributed by atoms with Gasteiger partial charge in [0.05, 0.1) is 17.5 Å². The zero-order valence-corrected chi connectivity index (χ0v) is 15.8. The fourth-order valence-corrected chi connectivity index (χ4v) is 3.44. The molecule has 2 aromatic heterocycles. The number of furan rings is 1. The Labute approximate surface area is 158 Å². The second-order valence-electron chi connectivity index (χ2n) is 7.20. The van der Waals surface area contributed by atoms with E-state index in [0.717, 1.165) is 0 Å². The molecule has 1 atom stereocenters. The molecule has 0 radical (unpaired) electrons. The van der Waals surface area contributed by atoms with Gasteiger partial charge in [-0.3, -0.25) is 9.59 Å². The van der Waals surface area contributed by atoms with Gasteiger partial charge in [0, 0.05) is 32.0 Å². The third-order valence-electron chi connectivity index (χ3n) is 5.01. The lowest BCUT2D eigenvalue weighted by Gasteiger charge is -2.27. The average molecular weight is 374 g/mol. The van der Waals surface area contributed by atoms with Crippen molar-refractivity contribution < 1.29 is 19.1 Å². The van der Waals surface area contributed by atoms with E-state index in [1.807, 2.05) is 0 Å². The summed E-state index contributed by atoms with van der Waals surface area (Å²) in [6.07, 6.45) is 6.65. The Morgan fingerprint density at radius 3 is 2.81 bits per heavy atom. The average Bonchev–Trinajstić information content (AvgIpc) is 3.19. The summed E-state index contributed by atoms with van der Waals surface area (Å²) in [7, 11) is 0. The minimum absolute atomic E-state index is 0.00535. The number of amides is 2. The van der Waals surface area contributed by atoms with Crippen LogP contribution in [-0.2, 0) is 11.3 Å². The summed E-state index contributed by atoms with van der Waals surface area (Å²) in [6, 6.07) is 1.69. The van der Waals surface area contributed by atoms with E-state index in [1.54, 1.807) is 48.1 Å². The summed E-state index contributed by atoms with van der Waals surface area (Å²) >= 11 is 0. The molecule has 27 heavy (non-hydrogen) atoms. The molecule has 2 N–H and O–H groups in total. The molecule has 146 valence electrons. The van der Waals surface area contributed by atoms with Gasteiger partial charge in [-0.25, -0.2) is 4.98 Å². The molecule has 0 aromatic carbocycles. The summed E-state index contributed by atoms with van der Waals surface area (Å²) < 4.78 is 7.11. The number of nitrogens with one attached hydrogen (secondary N) is 1. The molecule has 1 fully saturated rings. The molecule has 1 saturated heterocycles. The molecule has 3 rings (SSSR count). The maximum atomic E-state index is 12.4. The van der Waals surface area contributed by atoms with Crippen LogP contribution in [0.15, 0.2) is 29.2 Å². The van der Waals surface area contributed by atoms with Gasteiger partial charge in [0.25, 0.3) is 5.91 Å². The summed E-state index contributed by atoms with van der Waals surface area (Å²) in [5, 5.41) is 13.7. The summed E-state index contributed by atoms with van der Waals surface area (Å²) in [4.78, 5) is 30.5. The maximum Gasteiger partial charge on any atom is 0.254 e. The van der Waals surface area contributed by atoms with Gasteiger partial charge in [0.15, 0.2) is 0 Å². The lowest BCUT2D eigenvalue weighted by molar-refractivity contribution is -0.131. The zero-order valence-electron chi connectivity index (χ0n) is 15.8. The second-order valence-corrected chi connectivity index (χ2v) is 7.20. The Balaban J connectivity index is 1.53. The molecular weight excluding hydrogens is 348 g/mol. The minimum atomic E-state index is -1.02. The van der Waals surface area contributed by atoms with Crippen LogP contribution in [0.4, 0.5) is 0 Å². The van der Waals surface area contributed by atoms with E-state index in [0.29, 0.717) is 49.4 Å². The molecule has 8 heteroatoms. The van der Waals surface area contributed by atoms with Crippen LogP contribution in [-0.4, -0.2) is 56.6 Å². The molecule has 0 spiro atoms. The Kier molecular flexibility index (Phi) is 5.65. The van der Waals surface area contributed by atoms with Crippen LogP contribution in [0.3, 0.4) is 0 Å². The fourth-order valence-electron chi connectivity index (χ4n) is 3.44. The van der Waals surface area contributed by atoms with Crippen LogP contribution >= 0.6 is 0 Å². The van der Waals surface area contributed by atoms with Crippen LogP contribution in [0.1, 0.15) is 41.1 Å². The van der Waals surface area contributed by atoms with E-state index < -0.39 is 5.60 Å². The largest absolute Gasteiger partial charge is 0.466 e. The van der Waals surface area contributed by atoms with Gasteiger partial charge in [0.1, 0.15) is 18.1 Å². The van der Waals surface area contributed by atoms with Crippen LogP contribution < -0.4 is 5.32 Å². The highest BCUT2D eigenvalue weighted by atomic mass is 16.3. The number of imidazole rings is 1. The van der Waals surface area contributed by atoms with E-state index in [9.17, 15) is 14.7 Å². The number of rotatable bonds is 5. The van der Waals surface area contributed by atoms with Gasteiger partial charge in [0.2, 0.25) is 5.91 Å². The van der Waals surface area contributed by atoms with Crippen LogP contribution in [0, 0.1) is 13.8 Å². The predicted octanol–water partition coefficient (Wildman–Crippen LogP) is 1.27. The van der Waals surface area contributed by atoms with E-state index in [-0.39, 0.29) is 24.9 Å². The zero-order chi connectivity index (χ0) is 19.4. The number of likely N-dealkylation sites (tertiary alicyclic amines) is 1. The van der Waals surface area contributed by atoms with Crippen molar-refractivity contribution in [1.29, 1.82) is 0 Å². The first-order valence-corrected chi connectivity index (χ1v) is 9.17. The molecular formula is C19H26N4O4. The van der Waals surface area contributed by atoms with Crippen molar-refractivity contribution in [3.63, 3.8) is 0 Å². The number of aliphatic hydroxyl groups is 1. The molecule has 1 aliphatic heterocycles. The van der Waals surface area contributed by atoms with E-state index in [1.165, 1.54) is 0 Å². The van der Waals surface area contributed by atoms with Crippen molar-refractivity contribution in [2.45, 2.75) is 45.3 Å². The van der Waals surface area contributed by atoms with Crippen molar-refractivity contribution in [2.75, 3.05) is 19.6 Å². The number of aromatic nitrogens is 2. The van der Waals surface area contributed by atoms with E-state index in [4.69, 9.17) is 4.42 Å². The van der Waals surface area contributed by atoms with Crippen LogP contribution in [0.5, 0.6) is 0 Å². The normalized spacial score (nSPS) is 20.3. The van der Waals surface area contributed by atoms with Crippen molar-refractivity contribution in [3.05, 3.63) is 41.9 Å². The topological polar surface area (TPSA) is 101 Å². The van der Waals surface area contributed by atoms with Crippen molar-refractivity contribution >= 4 is 11.8 Å². The molecule has 2 aromatic rings. The molecule has 0 aliphatic carbocycles. The highest BCUT2D eigenvalue weighted by Crippen LogP contribution is 2.22. The Hall–Kier alpha value is -2.61. The fraction of sp³-hybridized carbons (Fsp3) is 0.526. The van der Waals surface area contributed by atoms with Gasteiger partial charge >= 0.3 is 0 Å². The SMILES string of the molecule is Cc1cc(C(=O)NCC2(O)CCCN(C(=O)Cn3ccnc3)CC2)c(C)o1. The summed E-state index contributed by atoms with van der Waals surface area (Å²) in [5.74, 6) is 0.993. The van der Waals surface area contributed by atoms with Crippen molar-refractivity contribution in [3.8, 4) is 0 Å². The number of aryl methyl sites for hydroxylation is 2. The summed E-state index contributed by atoms with van der Waals surface area (Å²) in [5.41, 5.74) is -0.534. The van der Waals surface area contributed by atoms with E-state index in [2.05, 4.69) is 10.3 Å². The standard InChI is InChI=1S/C19H26N4O4/c1-14-10-16(15(2)27-14)18(25)21-12-19(26)4-3-7-23(8-5-19)17(24)11-22-9-6-20-13-22/h6,9-10,13,26H,3-5,7-8,11-12H2,1-2H3,(H,21,25). The third-order valence-corrected chi connectivity index (χ3v) is 5.01. The van der Waals surface area contributed by atoms with Crippen molar-refractivity contribution in [2.24, 2.45) is 0 Å². The Morgan fingerprint density at radius 1 is 1.33 bits per heavy atom. The molecule has 8 nitrogen and oxygen atoms in total. The predicted molar refractivity (Wildman–Crippen MR) is 98.1 cm³/mol. The quantitative estimate of drug-likeness (QED) is 0.821. The lowest BCUT2D eigenvalue weighted by atomic mass is 9.95. The van der Waals surface area contributed by atoms with Crippen LogP contribution in [0.25, 0.3) is 0 Å². The van der Waals surface area contributed by atoms with E-state index >= 15 is 0 Å². The lowest BCUT2D eigenvalue weighted by Crippen LogP contribution is -2.44. The van der Waals surface area contributed by atoms with Gasteiger partial charge in [-0.15, -0.1) is 0 Å². The van der Waals surface area contributed by atoms with Gasteiger partial charge in [-0.2, -0.15) is 0 Å². The first kappa shape index (κ1) is 19.2. The smallest absolute Gasteiger partial charge is 0.254 e. The number of carbonyl (C=O) groups excluding carboxylic acids is 2. The molecule has 1 unspecified atom stereocenters. The minimum Gasteiger partial charge on any atom is -0.466 e. The Bertz CT molecular complexity index is 799. The first-order valence-electron chi connectivity index (χ1n) is 9.17. The molecule has 2 amide bonds. The number of nitrogens with zero attached hydrogens (tertiary/aromatic N) is 3. The highest BCUT2D eigenvalue weighted by molar-refractivity contribution is 5.95. The second kappa shape index (κ2) is 7.96. The third kappa shape index (κ3) is 4.77. The monoisotopic (exact) mass is 374 g/mol. The van der Waals surface area contributed by atoms with Crippen LogP contribution in [0.2, 0.25) is 0 Å². The summed E-state index contributed by atoms with van der Waals surface area (Å²) in [6.45, 7) is 4.99. The van der Waals surface area contributed by atoms with Gasteiger partial charge in [-0.1, -0.05) is 0 Å². The Morgan fingerprint density at radius 2 is 2.15 bits per heavy atom. The van der Waals surface area contributed by atoms with Gasteiger partial charge in [-0.05, 0) is 39.2 Å². The number of carbonyl (C=O) groups is 2. The molecule has 0 bridgehead atoms. The molecule has 3 heterocycles. The molecule has 1 aliphatic rings. The molecule has 0 saturated carbocycles. The van der Waals surface area contributed by atoms with Crippen molar-refractivity contribution in [1.82, 2.24) is 19.8 Å².